The summed E-state index contributed by atoms with van der Waals surface area (Å²) >= 11 is 0. The molecule has 1 aliphatic heterocycles. The van der Waals surface area contributed by atoms with Crippen LogP contribution in [0.2, 0.25) is 0 Å². The Kier molecular flexibility index (Phi) is 4.77. The molecule has 6 heteroatoms. The van der Waals surface area contributed by atoms with Crippen molar-refractivity contribution in [1.82, 2.24) is 4.98 Å². The van der Waals surface area contributed by atoms with Gasteiger partial charge in [0.25, 0.3) is 0 Å². The summed E-state index contributed by atoms with van der Waals surface area (Å²) in [5.41, 5.74) is 0.373. The van der Waals surface area contributed by atoms with E-state index < -0.39 is 18.0 Å². The summed E-state index contributed by atoms with van der Waals surface area (Å²) in [6.45, 7) is 4.77. The smallest absolute Gasteiger partial charge is 0.339 e. The molecule has 2 atom stereocenters. The van der Waals surface area contributed by atoms with Crippen molar-refractivity contribution < 1.29 is 19.4 Å². The van der Waals surface area contributed by atoms with Crippen molar-refractivity contribution in [2.75, 3.05) is 18.1 Å². The Hall–Kier alpha value is -2.11. The van der Waals surface area contributed by atoms with E-state index in [2.05, 4.69) is 11.9 Å². The van der Waals surface area contributed by atoms with E-state index in [1.807, 2.05) is 0 Å². The highest BCUT2D eigenvalue weighted by molar-refractivity contribution is 5.89. The minimum Gasteiger partial charge on any atom is -0.480 e. The lowest BCUT2D eigenvalue weighted by Gasteiger charge is -2.36. The molecule has 2 rings (SSSR count). The topological polar surface area (TPSA) is 79.7 Å². The molecule has 21 heavy (non-hydrogen) atoms. The molecule has 2 heterocycles. The standard InChI is InChI=1S/C15H20N2O4/c1-3-21-15(20)11-4-5-13(16-9-11)17-7-6-10(2)8-12(17)14(18)19/h4-5,9-10,12H,3,6-8H2,1-2H3,(H,18,19). The Bertz CT molecular complexity index is 515. The normalized spacial score (nSPS) is 21.9. The van der Waals surface area contributed by atoms with Gasteiger partial charge in [0, 0.05) is 12.7 Å². The third-order valence-corrected chi connectivity index (χ3v) is 3.70. The van der Waals surface area contributed by atoms with Crippen LogP contribution in [0.25, 0.3) is 0 Å². The van der Waals surface area contributed by atoms with Gasteiger partial charge < -0.3 is 14.7 Å². The predicted octanol–water partition coefficient (Wildman–Crippen LogP) is 1.95. The van der Waals surface area contributed by atoms with Gasteiger partial charge in [-0.25, -0.2) is 14.6 Å². The van der Waals surface area contributed by atoms with Crippen LogP contribution in [-0.2, 0) is 9.53 Å². The van der Waals surface area contributed by atoms with Crippen LogP contribution in [0.1, 0.15) is 37.0 Å². The SMILES string of the molecule is CCOC(=O)c1ccc(N2CCC(C)CC2C(=O)O)nc1. The molecule has 1 N–H and O–H groups in total. The zero-order valence-corrected chi connectivity index (χ0v) is 12.3. The van der Waals surface area contributed by atoms with Gasteiger partial charge >= 0.3 is 11.9 Å². The molecule has 0 saturated carbocycles. The number of anilines is 1. The fourth-order valence-corrected chi connectivity index (χ4v) is 2.54. The predicted molar refractivity (Wildman–Crippen MR) is 77.4 cm³/mol. The van der Waals surface area contributed by atoms with Crippen LogP contribution in [-0.4, -0.2) is 41.2 Å². The number of hydrogen-bond acceptors (Lipinski definition) is 5. The van der Waals surface area contributed by atoms with Gasteiger partial charge in [0.2, 0.25) is 0 Å². The van der Waals surface area contributed by atoms with Crippen molar-refractivity contribution in [2.24, 2.45) is 5.92 Å². The second kappa shape index (κ2) is 6.56. The Morgan fingerprint density at radius 2 is 2.24 bits per heavy atom. The fourth-order valence-electron chi connectivity index (χ4n) is 2.54. The average Bonchev–Trinajstić information content (AvgIpc) is 2.47. The largest absolute Gasteiger partial charge is 0.480 e. The van der Waals surface area contributed by atoms with E-state index in [1.165, 1.54) is 6.20 Å². The number of hydrogen-bond donors (Lipinski definition) is 1. The molecule has 1 aromatic rings. The van der Waals surface area contributed by atoms with Crippen LogP contribution >= 0.6 is 0 Å². The quantitative estimate of drug-likeness (QED) is 0.854. The van der Waals surface area contributed by atoms with Gasteiger partial charge in [0.05, 0.1) is 12.2 Å². The molecular weight excluding hydrogens is 272 g/mol. The molecule has 2 unspecified atom stereocenters. The van der Waals surface area contributed by atoms with E-state index in [9.17, 15) is 14.7 Å². The van der Waals surface area contributed by atoms with E-state index in [0.29, 0.717) is 36.9 Å². The first kappa shape index (κ1) is 15.3. The third kappa shape index (κ3) is 3.51. The number of rotatable bonds is 4. The maximum Gasteiger partial charge on any atom is 0.339 e. The van der Waals surface area contributed by atoms with E-state index in [4.69, 9.17) is 4.74 Å². The van der Waals surface area contributed by atoms with E-state index >= 15 is 0 Å². The number of carboxylic acids is 1. The number of nitrogens with zero attached hydrogens (tertiary/aromatic N) is 2. The Balaban J connectivity index is 2.17. The number of ether oxygens (including phenoxy) is 1. The van der Waals surface area contributed by atoms with Crippen LogP contribution in [0.4, 0.5) is 5.82 Å². The zero-order chi connectivity index (χ0) is 15.4. The van der Waals surface area contributed by atoms with Gasteiger partial charge in [0.15, 0.2) is 0 Å². The van der Waals surface area contributed by atoms with Crippen LogP contribution in [0.15, 0.2) is 18.3 Å². The maximum atomic E-state index is 11.6. The van der Waals surface area contributed by atoms with Crippen molar-refractivity contribution in [2.45, 2.75) is 32.7 Å². The first-order valence-electron chi connectivity index (χ1n) is 7.15. The Morgan fingerprint density at radius 1 is 1.48 bits per heavy atom. The van der Waals surface area contributed by atoms with Gasteiger partial charge in [-0.2, -0.15) is 0 Å². The number of piperidine rings is 1. The molecule has 1 saturated heterocycles. The summed E-state index contributed by atoms with van der Waals surface area (Å²) in [6, 6.07) is 2.74. The Labute approximate surface area is 123 Å². The van der Waals surface area contributed by atoms with Gasteiger partial charge in [-0.15, -0.1) is 0 Å². The summed E-state index contributed by atoms with van der Waals surface area (Å²) in [6.07, 6.45) is 2.98. The van der Waals surface area contributed by atoms with Crippen LogP contribution in [0.3, 0.4) is 0 Å². The molecule has 1 aliphatic rings. The Morgan fingerprint density at radius 3 is 2.81 bits per heavy atom. The van der Waals surface area contributed by atoms with Gasteiger partial charge in [-0.05, 0) is 37.8 Å². The van der Waals surface area contributed by atoms with Crippen molar-refractivity contribution in [3.05, 3.63) is 23.9 Å². The molecule has 0 spiro atoms. The van der Waals surface area contributed by atoms with Crippen molar-refractivity contribution >= 4 is 17.8 Å². The number of carbonyl (C=O) groups is 2. The number of esters is 1. The molecule has 0 amide bonds. The van der Waals surface area contributed by atoms with Crippen molar-refractivity contribution in [3.63, 3.8) is 0 Å². The number of aliphatic carboxylic acids is 1. The summed E-state index contributed by atoms with van der Waals surface area (Å²) in [7, 11) is 0. The zero-order valence-electron chi connectivity index (χ0n) is 12.3. The number of aromatic nitrogens is 1. The minimum atomic E-state index is -0.835. The van der Waals surface area contributed by atoms with Gasteiger partial charge in [0.1, 0.15) is 11.9 Å². The number of carbonyl (C=O) groups excluding carboxylic acids is 1. The minimum absolute atomic E-state index is 0.311. The molecule has 6 nitrogen and oxygen atoms in total. The number of carboxylic acid groups (broad SMARTS) is 1. The molecule has 1 fully saturated rings. The summed E-state index contributed by atoms with van der Waals surface area (Å²) in [4.78, 5) is 29.0. The van der Waals surface area contributed by atoms with Gasteiger partial charge in [-0.3, -0.25) is 0 Å². The molecule has 114 valence electrons. The highest BCUT2D eigenvalue weighted by atomic mass is 16.5. The average molecular weight is 292 g/mol. The molecule has 0 radical (unpaired) electrons. The lowest BCUT2D eigenvalue weighted by Crippen LogP contribution is -2.47. The summed E-state index contributed by atoms with van der Waals surface area (Å²) in [5, 5.41) is 9.36. The molecular formula is C15H20N2O4. The molecule has 0 aromatic carbocycles. The lowest BCUT2D eigenvalue weighted by atomic mass is 9.92. The van der Waals surface area contributed by atoms with Crippen molar-refractivity contribution in [3.8, 4) is 0 Å². The fraction of sp³-hybridized carbons (Fsp3) is 0.533. The molecule has 0 bridgehead atoms. The first-order chi connectivity index (χ1) is 10.0. The molecule has 0 aliphatic carbocycles. The maximum absolute atomic E-state index is 11.6. The monoisotopic (exact) mass is 292 g/mol. The first-order valence-corrected chi connectivity index (χ1v) is 7.15. The number of pyridine rings is 1. The summed E-state index contributed by atoms with van der Waals surface area (Å²) in [5.74, 6) is -0.278. The van der Waals surface area contributed by atoms with E-state index in [-0.39, 0.29) is 0 Å². The van der Waals surface area contributed by atoms with Gasteiger partial charge in [-0.1, -0.05) is 6.92 Å². The third-order valence-electron chi connectivity index (χ3n) is 3.70. The van der Waals surface area contributed by atoms with Crippen molar-refractivity contribution in [1.29, 1.82) is 0 Å². The van der Waals surface area contributed by atoms with E-state index in [1.54, 1.807) is 24.0 Å². The highest BCUT2D eigenvalue weighted by Crippen LogP contribution is 2.27. The summed E-state index contributed by atoms with van der Waals surface area (Å²) < 4.78 is 4.90. The lowest BCUT2D eigenvalue weighted by molar-refractivity contribution is -0.139. The second-order valence-corrected chi connectivity index (χ2v) is 5.30. The second-order valence-electron chi connectivity index (χ2n) is 5.30. The highest BCUT2D eigenvalue weighted by Gasteiger charge is 2.32. The van der Waals surface area contributed by atoms with Crippen LogP contribution in [0, 0.1) is 5.92 Å². The van der Waals surface area contributed by atoms with Crippen LogP contribution < -0.4 is 4.90 Å². The van der Waals surface area contributed by atoms with Crippen LogP contribution in [0.5, 0.6) is 0 Å². The van der Waals surface area contributed by atoms with E-state index in [0.717, 1.165) is 6.42 Å². The molecule has 1 aromatic heterocycles.